The molecule has 7 nitrogen and oxygen atoms in total. The topological polar surface area (TPSA) is 77.5 Å². The van der Waals surface area contributed by atoms with Crippen molar-refractivity contribution in [1.82, 2.24) is 9.38 Å². The number of fused-ring (bicyclic) bond motifs is 1. The van der Waals surface area contributed by atoms with Crippen LogP contribution in [0.1, 0.15) is 19.5 Å². The SMILES string of the molecule is CCOC(=O)Cc1nc2ccccn2c1N=Nc1ccc(OCC)cc1. The van der Waals surface area contributed by atoms with E-state index >= 15 is 0 Å². The lowest BCUT2D eigenvalue weighted by Gasteiger charge is -2.02. The normalized spacial score (nSPS) is 11.2. The van der Waals surface area contributed by atoms with Crippen LogP contribution in [0.2, 0.25) is 0 Å². The Bertz CT molecular complexity index is 916. The van der Waals surface area contributed by atoms with Crippen LogP contribution in [0.4, 0.5) is 11.5 Å². The minimum Gasteiger partial charge on any atom is -0.494 e. The maximum absolute atomic E-state index is 11.9. The number of pyridine rings is 1. The van der Waals surface area contributed by atoms with E-state index in [0.29, 0.717) is 36.1 Å². The van der Waals surface area contributed by atoms with Gasteiger partial charge in [0.05, 0.1) is 31.0 Å². The Balaban J connectivity index is 1.90. The van der Waals surface area contributed by atoms with Crippen molar-refractivity contribution in [3.8, 4) is 5.75 Å². The number of hydrogen-bond acceptors (Lipinski definition) is 6. The molecule has 0 aliphatic heterocycles. The van der Waals surface area contributed by atoms with Crippen molar-refractivity contribution in [1.29, 1.82) is 0 Å². The van der Waals surface area contributed by atoms with E-state index in [1.807, 2.05) is 55.6 Å². The van der Waals surface area contributed by atoms with Gasteiger partial charge in [-0.15, -0.1) is 10.2 Å². The minimum atomic E-state index is -0.339. The molecular formula is C19H20N4O3. The van der Waals surface area contributed by atoms with E-state index < -0.39 is 0 Å². The zero-order valence-corrected chi connectivity index (χ0v) is 14.8. The molecule has 0 saturated heterocycles. The Hall–Kier alpha value is -3.22. The second kappa shape index (κ2) is 8.24. The van der Waals surface area contributed by atoms with Gasteiger partial charge in [0.15, 0.2) is 5.82 Å². The molecule has 0 fully saturated rings. The van der Waals surface area contributed by atoms with Crippen LogP contribution in [0.3, 0.4) is 0 Å². The van der Waals surface area contributed by atoms with Crippen molar-refractivity contribution in [2.75, 3.05) is 13.2 Å². The first-order valence-electron chi connectivity index (χ1n) is 8.47. The van der Waals surface area contributed by atoms with Crippen molar-refractivity contribution < 1.29 is 14.3 Å². The number of ether oxygens (including phenoxy) is 2. The highest BCUT2D eigenvalue weighted by molar-refractivity contribution is 5.74. The van der Waals surface area contributed by atoms with E-state index in [2.05, 4.69) is 15.2 Å². The number of rotatable bonds is 7. The summed E-state index contributed by atoms with van der Waals surface area (Å²) >= 11 is 0. The molecule has 0 atom stereocenters. The van der Waals surface area contributed by atoms with Crippen molar-refractivity contribution in [2.45, 2.75) is 20.3 Å². The number of imidazole rings is 1. The van der Waals surface area contributed by atoms with Gasteiger partial charge in [0.25, 0.3) is 0 Å². The standard InChI is InChI=1S/C19H20N4O3/c1-3-25-15-10-8-14(9-11-15)21-22-19-16(13-18(24)26-4-2)20-17-7-5-6-12-23(17)19/h5-12H,3-4,13H2,1-2H3. The summed E-state index contributed by atoms with van der Waals surface area (Å²) in [5.74, 6) is 0.959. The molecule has 0 spiro atoms. The van der Waals surface area contributed by atoms with Gasteiger partial charge in [0.1, 0.15) is 11.4 Å². The molecule has 0 N–H and O–H groups in total. The summed E-state index contributed by atoms with van der Waals surface area (Å²) in [5.41, 5.74) is 1.91. The molecule has 3 aromatic rings. The van der Waals surface area contributed by atoms with Crippen LogP contribution in [0, 0.1) is 0 Å². The first-order chi connectivity index (χ1) is 12.7. The van der Waals surface area contributed by atoms with E-state index in [1.54, 1.807) is 11.3 Å². The van der Waals surface area contributed by atoms with Gasteiger partial charge in [-0.1, -0.05) is 6.07 Å². The Kier molecular flexibility index (Phi) is 5.58. The van der Waals surface area contributed by atoms with Gasteiger partial charge in [0.2, 0.25) is 0 Å². The third kappa shape index (κ3) is 4.05. The van der Waals surface area contributed by atoms with Crippen LogP contribution in [-0.4, -0.2) is 28.6 Å². The van der Waals surface area contributed by atoms with Gasteiger partial charge in [-0.25, -0.2) is 4.98 Å². The number of esters is 1. The minimum absolute atomic E-state index is 0.0488. The second-order valence-corrected chi connectivity index (χ2v) is 5.42. The van der Waals surface area contributed by atoms with Gasteiger partial charge in [-0.3, -0.25) is 9.20 Å². The summed E-state index contributed by atoms with van der Waals surface area (Å²) in [5, 5.41) is 8.60. The molecule has 0 aliphatic rings. The Morgan fingerprint density at radius 3 is 2.62 bits per heavy atom. The molecule has 2 aromatic heterocycles. The summed E-state index contributed by atoms with van der Waals surface area (Å²) in [7, 11) is 0. The smallest absolute Gasteiger partial charge is 0.312 e. The largest absolute Gasteiger partial charge is 0.494 e. The summed E-state index contributed by atoms with van der Waals surface area (Å²) in [6.07, 6.45) is 1.89. The molecule has 0 saturated carbocycles. The number of carbonyl (C=O) groups is 1. The lowest BCUT2D eigenvalue weighted by Crippen LogP contribution is -2.07. The lowest BCUT2D eigenvalue weighted by atomic mass is 10.3. The van der Waals surface area contributed by atoms with Crippen molar-refractivity contribution in [3.05, 3.63) is 54.4 Å². The molecule has 7 heteroatoms. The highest BCUT2D eigenvalue weighted by Gasteiger charge is 2.16. The third-order valence-corrected chi connectivity index (χ3v) is 3.60. The predicted molar refractivity (Wildman–Crippen MR) is 97.3 cm³/mol. The van der Waals surface area contributed by atoms with Gasteiger partial charge in [0, 0.05) is 6.20 Å². The quantitative estimate of drug-likeness (QED) is 0.470. The predicted octanol–water partition coefficient (Wildman–Crippen LogP) is 4.25. The highest BCUT2D eigenvalue weighted by Crippen LogP contribution is 2.25. The van der Waals surface area contributed by atoms with Crippen molar-refractivity contribution in [2.24, 2.45) is 10.2 Å². The molecule has 3 rings (SSSR count). The highest BCUT2D eigenvalue weighted by atomic mass is 16.5. The number of hydrogen-bond donors (Lipinski definition) is 0. The summed E-state index contributed by atoms with van der Waals surface area (Å²) in [4.78, 5) is 16.3. The molecule has 0 radical (unpaired) electrons. The first-order valence-corrected chi connectivity index (χ1v) is 8.47. The van der Waals surface area contributed by atoms with Crippen LogP contribution in [0.25, 0.3) is 5.65 Å². The zero-order valence-electron chi connectivity index (χ0n) is 14.8. The fourth-order valence-corrected chi connectivity index (χ4v) is 2.49. The van der Waals surface area contributed by atoms with Crippen LogP contribution in [0.5, 0.6) is 5.75 Å². The van der Waals surface area contributed by atoms with E-state index in [0.717, 1.165) is 5.75 Å². The number of azo groups is 1. The second-order valence-electron chi connectivity index (χ2n) is 5.42. The van der Waals surface area contributed by atoms with Gasteiger partial charge in [-0.2, -0.15) is 0 Å². The average Bonchev–Trinajstić information content (AvgIpc) is 2.98. The number of carbonyl (C=O) groups excluding carboxylic acids is 1. The van der Waals surface area contributed by atoms with E-state index in [9.17, 15) is 4.79 Å². The van der Waals surface area contributed by atoms with E-state index in [4.69, 9.17) is 9.47 Å². The van der Waals surface area contributed by atoms with Crippen LogP contribution >= 0.6 is 0 Å². The van der Waals surface area contributed by atoms with Crippen LogP contribution in [0.15, 0.2) is 58.9 Å². The molecule has 2 heterocycles. The van der Waals surface area contributed by atoms with E-state index in [-0.39, 0.29) is 12.4 Å². The number of aromatic nitrogens is 2. The molecule has 0 bridgehead atoms. The first kappa shape index (κ1) is 17.6. The Morgan fingerprint density at radius 1 is 1.08 bits per heavy atom. The average molecular weight is 352 g/mol. The number of benzene rings is 1. The Labute approximate surface area is 151 Å². The maximum atomic E-state index is 11.9. The van der Waals surface area contributed by atoms with Crippen molar-refractivity contribution >= 4 is 23.1 Å². The molecule has 1 aromatic carbocycles. The van der Waals surface area contributed by atoms with Crippen molar-refractivity contribution in [3.63, 3.8) is 0 Å². The maximum Gasteiger partial charge on any atom is 0.312 e. The van der Waals surface area contributed by atoms with Crippen LogP contribution < -0.4 is 4.74 Å². The van der Waals surface area contributed by atoms with Gasteiger partial charge in [-0.05, 0) is 50.2 Å². The summed E-state index contributed by atoms with van der Waals surface area (Å²) in [6.45, 7) is 4.65. The fraction of sp³-hybridized carbons (Fsp3) is 0.263. The molecule has 134 valence electrons. The molecule has 0 unspecified atom stereocenters. The van der Waals surface area contributed by atoms with Crippen LogP contribution in [-0.2, 0) is 16.0 Å². The zero-order chi connectivity index (χ0) is 18.4. The van der Waals surface area contributed by atoms with Gasteiger partial charge < -0.3 is 9.47 Å². The molecule has 26 heavy (non-hydrogen) atoms. The van der Waals surface area contributed by atoms with Gasteiger partial charge >= 0.3 is 5.97 Å². The molecule has 0 amide bonds. The lowest BCUT2D eigenvalue weighted by molar-refractivity contribution is -0.142. The monoisotopic (exact) mass is 352 g/mol. The van der Waals surface area contributed by atoms with E-state index in [1.165, 1.54) is 0 Å². The molecule has 0 aliphatic carbocycles. The number of nitrogens with zero attached hydrogens (tertiary/aromatic N) is 4. The Morgan fingerprint density at radius 2 is 1.88 bits per heavy atom. The third-order valence-electron chi connectivity index (χ3n) is 3.60. The molecular weight excluding hydrogens is 332 g/mol. The summed E-state index contributed by atoms with van der Waals surface area (Å²) < 4.78 is 12.2. The summed E-state index contributed by atoms with van der Waals surface area (Å²) in [6, 6.07) is 12.9. The fourth-order valence-electron chi connectivity index (χ4n) is 2.49.